The monoisotopic (exact) mass is 394 g/mol. The maximum atomic E-state index is 11.1. The zero-order chi connectivity index (χ0) is 20.1. The van der Waals surface area contributed by atoms with Gasteiger partial charge in [-0.1, -0.05) is 48.0 Å². The largest absolute Gasteiger partial charge is 0.427 e. The maximum Gasteiger partial charge on any atom is 0.308 e. The Morgan fingerprint density at radius 2 is 0.964 bits per heavy atom. The van der Waals surface area contributed by atoms with Gasteiger partial charge >= 0.3 is 11.9 Å². The Balaban J connectivity index is 1.99. The molecule has 0 unspecified atom stereocenters. The molecule has 0 saturated carbocycles. The summed E-state index contributed by atoms with van der Waals surface area (Å²) in [7, 11) is 0. The summed E-state index contributed by atoms with van der Waals surface area (Å²) in [6.07, 6.45) is 0. The molecule has 0 aliphatic carbocycles. The number of carbonyl (C=O) groups is 2. The summed E-state index contributed by atoms with van der Waals surface area (Å²) >= 11 is 6.05. The van der Waals surface area contributed by atoms with E-state index in [2.05, 4.69) is 0 Å². The van der Waals surface area contributed by atoms with Crippen molar-refractivity contribution in [3.05, 3.63) is 94.5 Å². The quantitative estimate of drug-likeness (QED) is 0.331. The third kappa shape index (κ3) is 4.99. The third-order valence-electron chi connectivity index (χ3n) is 4.15. The SMILES string of the molecule is CC(=O)Oc1ccc(C(c2ccc(Cl)cc2)c2ccc(OC(C)=O)cc2)cc1. The van der Waals surface area contributed by atoms with E-state index in [4.69, 9.17) is 21.1 Å². The summed E-state index contributed by atoms with van der Waals surface area (Å²) in [6.45, 7) is 2.74. The van der Waals surface area contributed by atoms with Crippen molar-refractivity contribution in [1.29, 1.82) is 0 Å². The lowest BCUT2D eigenvalue weighted by molar-refractivity contribution is -0.132. The predicted octanol–water partition coefficient (Wildman–Crippen LogP) is 5.37. The fourth-order valence-corrected chi connectivity index (χ4v) is 3.15. The van der Waals surface area contributed by atoms with Crippen molar-refractivity contribution in [3.63, 3.8) is 0 Å². The van der Waals surface area contributed by atoms with E-state index in [1.54, 1.807) is 24.3 Å². The van der Waals surface area contributed by atoms with E-state index < -0.39 is 0 Å². The highest BCUT2D eigenvalue weighted by Gasteiger charge is 2.17. The van der Waals surface area contributed by atoms with E-state index >= 15 is 0 Å². The molecule has 0 atom stereocenters. The summed E-state index contributed by atoms with van der Waals surface area (Å²) < 4.78 is 10.2. The molecule has 28 heavy (non-hydrogen) atoms. The van der Waals surface area contributed by atoms with Crippen molar-refractivity contribution in [2.24, 2.45) is 0 Å². The number of ether oxygens (including phenoxy) is 2. The van der Waals surface area contributed by atoms with Crippen molar-refractivity contribution in [3.8, 4) is 11.5 Å². The number of halogens is 1. The predicted molar refractivity (Wildman–Crippen MR) is 108 cm³/mol. The topological polar surface area (TPSA) is 52.6 Å². The van der Waals surface area contributed by atoms with Gasteiger partial charge < -0.3 is 9.47 Å². The van der Waals surface area contributed by atoms with Crippen LogP contribution in [0.5, 0.6) is 11.5 Å². The van der Waals surface area contributed by atoms with Crippen LogP contribution >= 0.6 is 11.6 Å². The normalized spacial score (nSPS) is 10.6. The number of rotatable bonds is 5. The number of esters is 2. The van der Waals surface area contributed by atoms with Crippen LogP contribution in [-0.2, 0) is 9.59 Å². The van der Waals surface area contributed by atoms with Gasteiger partial charge in [-0.25, -0.2) is 0 Å². The molecule has 0 aliphatic rings. The Morgan fingerprint density at radius 3 is 1.29 bits per heavy atom. The Morgan fingerprint density at radius 1 is 0.643 bits per heavy atom. The van der Waals surface area contributed by atoms with Gasteiger partial charge in [0.2, 0.25) is 0 Å². The third-order valence-corrected chi connectivity index (χ3v) is 4.41. The van der Waals surface area contributed by atoms with Crippen LogP contribution in [0.15, 0.2) is 72.8 Å². The Bertz CT molecular complexity index is 901. The lowest BCUT2D eigenvalue weighted by atomic mass is 9.85. The van der Waals surface area contributed by atoms with Crippen LogP contribution < -0.4 is 9.47 Å². The average molecular weight is 395 g/mol. The van der Waals surface area contributed by atoms with E-state index in [1.807, 2.05) is 48.5 Å². The minimum atomic E-state index is -0.358. The molecule has 3 aromatic carbocycles. The van der Waals surface area contributed by atoms with Gasteiger partial charge in [-0.15, -0.1) is 0 Å². The molecule has 3 aromatic rings. The molecule has 0 N–H and O–H groups in total. The molecule has 0 saturated heterocycles. The molecule has 0 aliphatic heterocycles. The zero-order valence-corrected chi connectivity index (χ0v) is 16.3. The van der Waals surface area contributed by atoms with Gasteiger partial charge in [0.25, 0.3) is 0 Å². The summed E-state index contributed by atoms with van der Waals surface area (Å²) in [5.41, 5.74) is 3.11. The van der Waals surface area contributed by atoms with E-state index in [-0.39, 0.29) is 17.9 Å². The van der Waals surface area contributed by atoms with Gasteiger partial charge in [0, 0.05) is 24.8 Å². The van der Waals surface area contributed by atoms with Crippen LogP contribution in [0.25, 0.3) is 0 Å². The van der Waals surface area contributed by atoms with Gasteiger partial charge in [0.15, 0.2) is 0 Å². The first-order valence-electron chi connectivity index (χ1n) is 8.74. The van der Waals surface area contributed by atoms with Crippen LogP contribution in [0.2, 0.25) is 5.02 Å². The highest BCUT2D eigenvalue weighted by molar-refractivity contribution is 6.30. The van der Waals surface area contributed by atoms with E-state index in [0.29, 0.717) is 16.5 Å². The molecule has 4 nitrogen and oxygen atoms in total. The first-order valence-corrected chi connectivity index (χ1v) is 9.12. The van der Waals surface area contributed by atoms with E-state index in [0.717, 1.165) is 16.7 Å². The average Bonchev–Trinajstić information content (AvgIpc) is 2.65. The number of benzene rings is 3. The van der Waals surface area contributed by atoms with Crippen LogP contribution in [0, 0.1) is 0 Å². The minimum Gasteiger partial charge on any atom is -0.427 e. The highest BCUT2D eigenvalue weighted by atomic mass is 35.5. The van der Waals surface area contributed by atoms with Gasteiger partial charge in [-0.2, -0.15) is 0 Å². The first kappa shape index (κ1) is 19.6. The zero-order valence-electron chi connectivity index (χ0n) is 15.5. The molecule has 0 aromatic heterocycles. The second-order valence-electron chi connectivity index (χ2n) is 6.31. The van der Waals surface area contributed by atoms with Crippen molar-refractivity contribution in [1.82, 2.24) is 0 Å². The number of hydrogen-bond donors (Lipinski definition) is 0. The molecule has 0 amide bonds. The molecule has 0 spiro atoms. The smallest absolute Gasteiger partial charge is 0.308 e. The molecule has 142 valence electrons. The summed E-state index contributed by atoms with van der Waals surface area (Å²) in [5.74, 6) is 0.216. The summed E-state index contributed by atoms with van der Waals surface area (Å²) in [6, 6.07) is 22.5. The van der Waals surface area contributed by atoms with Crippen LogP contribution in [-0.4, -0.2) is 11.9 Å². The molecule has 5 heteroatoms. The van der Waals surface area contributed by atoms with Crippen molar-refractivity contribution < 1.29 is 19.1 Å². The van der Waals surface area contributed by atoms with Crippen molar-refractivity contribution in [2.75, 3.05) is 0 Å². The summed E-state index contributed by atoms with van der Waals surface area (Å²) in [5, 5.41) is 0.665. The van der Waals surface area contributed by atoms with Crippen molar-refractivity contribution >= 4 is 23.5 Å². The second kappa shape index (κ2) is 8.72. The Labute approximate surface area is 168 Å². The summed E-state index contributed by atoms with van der Waals surface area (Å²) in [4.78, 5) is 22.3. The van der Waals surface area contributed by atoms with Gasteiger partial charge in [-0.3, -0.25) is 9.59 Å². The maximum absolute atomic E-state index is 11.1. The van der Waals surface area contributed by atoms with Crippen LogP contribution in [0.3, 0.4) is 0 Å². The van der Waals surface area contributed by atoms with Crippen LogP contribution in [0.4, 0.5) is 0 Å². The molecular weight excluding hydrogens is 376 g/mol. The van der Waals surface area contributed by atoms with Crippen LogP contribution in [0.1, 0.15) is 36.5 Å². The molecular formula is C23H19ClO4. The standard InChI is InChI=1S/C23H19ClO4/c1-15(25)27-21-11-5-18(6-12-21)23(17-3-9-20(24)10-4-17)19-7-13-22(14-8-19)28-16(2)26/h3-14,23H,1-2H3. The molecule has 0 fully saturated rings. The van der Waals surface area contributed by atoms with E-state index in [1.165, 1.54) is 13.8 Å². The number of carbonyl (C=O) groups excluding carboxylic acids is 2. The van der Waals surface area contributed by atoms with Gasteiger partial charge in [0.1, 0.15) is 11.5 Å². The number of hydrogen-bond acceptors (Lipinski definition) is 4. The second-order valence-corrected chi connectivity index (χ2v) is 6.75. The first-order chi connectivity index (χ1) is 13.4. The van der Waals surface area contributed by atoms with Gasteiger partial charge in [-0.05, 0) is 53.1 Å². The molecule has 0 bridgehead atoms. The lowest BCUT2D eigenvalue weighted by Crippen LogP contribution is -2.05. The fraction of sp³-hybridized carbons (Fsp3) is 0.130. The van der Waals surface area contributed by atoms with E-state index in [9.17, 15) is 9.59 Å². The molecule has 3 rings (SSSR count). The highest BCUT2D eigenvalue weighted by Crippen LogP contribution is 2.34. The Hall–Kier alpha value is -3.11. The fourth-order valence-electron chi connectivity index (χ4n) is 3.02. The molecule has 0 radical (unpaired) electrons. The van der Waals surface area contributed by atoms with Crippen molar-refractivity contribution in [2.45, 2.75) is 19.8 Å². The van der Waals surface area contributed by atoms with Gasteiger partial charge in [0.05, 0.1) is 0 Å². The molecule has 0 heterocycles. The lowest BCUT2D eigenvalue weighted by Gasteiger charge is -2.19. The minimum absolute atomic E-state index is 0.0602. The Kier molecular flexibility index (Phi) is 6.12.